The van der Waals surface area contributed by atoms with Gasteiger partial charge in [-0.2, -0.15) is 0 Å². The van der Waals surface area contributed by atoms with Gasteiger partial charge in [-0.15, -0.1) is 5.10 Å². The zero-order valence-corrected chi connectivity index (χ0v) is 6.67. The first-order valence-electron chi connectivity index (χ1n) is 2.82. The molecule has 0 amide bonds. The second-order valence-electron chi connectivity index (χ2n) is 1.62. The molecule has 0 aliphatic carbocycles. The van der Waals surface area contributed by atoms with Crippen LogP contribution in [-0.2, 0) is 7.05 Å². The van der Waals surface area contributed by atoms with Crippen LogP contribution < -0.4 is 0 Å². The first-order chi connectivity index (χ1) is 5.34. The van der Waals surface area contributed by atoms with E-state index in [0.717, 1.165) is 0 Å². The van der Waals surface area contributed by atoms with Gasteiger partial charge in [-0.3, -0.25) is 0 Å². The van der Waals surface area contributed by atoms with Gasteiger partial charge in [0, 0.05) is 18.8 Å². The standard InChI is InChI=1S/C5H6N4OS/c1-9-5(6-7-8-9)11-4-2-3-10/h10H,3H2,1H3. The number of aromatic nitrogens is 4. The van der Waals surface area contributed by atoms with Crippen molar-refractivity contribution in [2.75, 3.05) is 6.61 Å². The van der Waals surface area contributed by atoms with E-state index in [4.69, 9.17) is 5.11 Å². The van der Waals surface area contributed by atoms with E-state index in [9.17, 15) is 0 Å². The summed E-state index contributed by atoms with van der Waals surface area (Å²) in [5, 5.41) is 22.2. The van der Waals surface area contributed by atoms with Crippen molar-refractivity contribution in [2.45, 2.75) is 5.16 Å². The average Bonchev–Trinajstić information content (AvgIpc) is 2.37. The van der Waals surface area contributed by atoms with Crippen molar-refractivity contribution in [2.24, 2.45) is 7.05 Å². The number of tetrazole rings is 1. The van der Waals surface area contributed by atoms with Gasteiger partial charge in [0.2, 0.25) is 5.16 Å². The van der Waals surface area contributed by atoms with Crippen LogP contribution in [0, 0.1) is 11.2 Å². The highest BCUT2D eigenvalue weighted by molar-refractivity contribution is 8.03. The van der Waals surface area contributed by atoms with Gasteiger partial charge in [-0.05, 0) is 15.7 Å². The lowest BCUT2D eigenvalue weighted by molar-refractivity contribution is 0.351. The predicted octanol–water partition coefficient (Wildman–Crippen LogP) is -0.745. The van der Waals surface area contributed by atoms with Gasteiger partial charge in [0.25, 0.3) is 0 Å². The van der Waals surface area contributed by atoms with Crippen LogP contribution in [0.25, 0.3) is 0 Å². The second kappa shape index (κ2) is 3.95. The minimum atomic E-state index is -0.141. The Kier molecular flexibility index (Phi) is 2.89. The molecule has 11 heavy (non-hydrogen) atoms. The van der Waals surface area contributed by atoms with Crippen LogP contribution in [0.2, 0.25) is 0 Å². The van der Waals surface area contributed by atoms with Crippen LogP contribution in [0.1, 0.15) is 0 Å². The smallest absolute Gasteiger partial charge is 0.221 e. The van der Waals surface area contributed by atoms with Gasteiger partial charge < -0.3 is 5.11 Å². The van der Waals surface area contributed by atoms with E-state index >= 15 is 0 Å². The molecule has 1 heterocycles. The van der Waals surface area contributed by atoms with Crippen molar-refractivity contribution in [1.82, 2.24) is 20.2 Å². The van der Waals surface area contributed by atoms with E-state index in [1.54, 1.807) is 7.05 Å². The lowest BCUT2D eigenvalue weighted by atomic mass is 10.8. The number of rotatable bonds is 1. The Hall–Kier alpha value is -1.06. The lowest BCUT2D eigenvalue weighted by Gasteiger charge is -1.87. The summed E-state index contributed by atoms with van der Waals surface area (Å²) < 4.78 is 1.51. The maximum atomic E-state index is 8.32. The third-order valence-electron chi connectivity index (χ3n) is 0.875. The lowest BCUT2D eigenvalue weighted by Crippen LogP contribution is -1.91. The first-order valence-corrected chi connectivity index (χ1v) is 3.64. The predicted molar refractivity (Wildman–Crippen MR) is 39.5 cm³/mol. The van der Waals surface area contributed by atoms with Crippen molar-refractivity contribution in [3.05, 3.63) is 0 Å². The third kappa shape index (κ3) is 2.22. The zero-order chi connectivity index (χ0) is 8.10. The summed E-state index contributed by atoms with van der Waals surface area (Å²) in [4.78, 5) is 0. The Morgan fingerprint density at radius 2 is 2.55 bits per heavy atom. The Balaban J connectivity index is 2.57. The maximum absolute atomic E-state index is 8.32. The summed E-state index contributed by atoms with van der Waals surface area (Å²) in [7, 11) is 1.73. The zero-order valence-electron chi connectivity index (χ0n) is 5.85. The van der Waals surface area contributed by atoms with Crippen molar-refractivity contribution in [3.8, 4) is 11.2 Å². The largest absolute Gasteiger partial charge is 0.384 e. The molecule has 1 aromatic rings. The molecule has 0 atom stereocenters. The van der Waals surface area contributed by atoms with E-state index in [1.807, 2.05) is 0 Å². The number of hydrogen-bond donors (Lipinski definition) is 1. The summed E-state index contributed by atoms with van der Waals surface area (Å²) in [5.74, 6) is 2.47. The molecular formula is C5H6N4OS. The van der Waals surface area contributed by atoms with Crippen LogP contribution in [-0.4, -0.2) is 31.9 Å². The molecule has 0 aromatic carbocycles. The van der Waals surface area contributed by atoms with E-state index in [2.05, 4.69) is 26.7 Å². The number of aliphatic hydroxyl groups is 1. The molecule has 1 aromatic heterocycles. The maximum Gasteiger partial charge on any atom is 0.221 e. The van der Waals surface area contributed by atoms with E-state index in [0.29, 0.717) is 5.16 Å². The highest BCUT2D eigenvalue weighted by Crippen LogP contribution is 2.08. The van der Waals surface area contributed by atoms with E-state index in [-0.39, 0.29) is 6.61 Å². The minimum absolute atomic E-state index is 0.141. The number of aryl methyl sites for hydroxylation is 1. The Bertz CT molecular complexity index is 286. The topological polar surface area (TPSA) is 63.8 Å². The minimum Gasteiger partial charge on any atom is -0.384 e. The van der Waals surface area contributed by atoms with Crippen molar-refractivity contribution >= 4 is 11.8 Å². The van der Waals surface area contributed by atoms with Crippen LogP contribution in [0.5, 0.6) is 0 Å². The van der Waals surface area contributed by atoms with Gasteiger partial charge in [-0.25, -0.2) is 4.68 Å². The molecule has 6 heteroatoms. The molecule has 0 saturated carbocycles. The van der Waals surface area contributed by atoms with Crippen molar-refractivity contribution in [1.29, 1.82) is 0 Å². The monoisotopic (exact) mass is 170 g/mol. The van der Waals surface area contributed by atoms with E-state index < -0.39 is 0 Å². The first kappa shape index (κ1) is 8.04. The highest BCUT2D eigenvalue weighted by atomic mass is 32.2. The fourth-order valence-corrected chi connectivity index (χ4v) is 0.896. The molecule has 1 N–H and O–H groups in total. The molecule has 0 aliphatic rings. The molecular weight excluding hydrogens is 164 g/mol. The van der Waals surface area contributed by atoms with Crippen molar-refractivity contribution < 1.29 is 5.11 Å². The highest BCUT2D eigenvalue weighted by Gasteiger charge is 1.98. The van der Waals surface area contributed by atoms with Gasteiger partial charge >= 0.3 is 0 Å². The second-order valence-corrected chi connectivity index (χ2v) is 2.40. The molecule has 0 aliphatic heterocycles. The summed E-state index contributed by atoms with van der Waals surface area (Å²) in [6.07, 6.45) is 0. The van der Waals surface area contributed by atoms with Crippen molar-refractivity contribution in [3.63, 3.8) is 0 Å². The summed E-state index contributed by atoms with van der Waals surface area (Å²) >= 11 is 1.18. The average molecular weight is 170 g/mol. The SMILES string of the molecule is Cn1nnnc1SC#CCO. The van der Waals surface area contributed by atoms with Crippen LogP contribution in [0.3, 0.4) is 0 Å². The molecule has 0 fully saturated rings. The van der Waals surface area contributed by atoms with Gasteiger partial charge in [0.05, 0.1) is 0 Å². The quantitative estimate of drug-likeness (QED) is 0.444. The van der Waals surface area contributed by atoms with Gasteiger partial charge in [0.15, 0.2) is 0 Å². The third-order valence-corrected chi connectivity index (χ3v) is 1.65. The van der Waals surface area contributed by atoms with Crippen LogP contribution in [0.4, 0.5) is 0 Å². The Morgan fingerprint density at radius 3 is 3.09 bits per heavy atom. The molecule has 5 nitrogen and oxygen atoms in total. The molecule has 0 unspecified atom stereocenters. The van der Waals surface area contributed by atoms with Gasteiger partial charge in [0.1, 0.15) is 6.61 Å². The Labute approximate surface area is 67.8 Å². The fourth-order valence-electron chi connectivity index (χ4n) is 0.422. The Morgan fingerprint density at radius 1 is 1.73 bits per heavy atom. The number of nitrogens with zero attached hydrogens (tertiary/aromatic N) is 4. The molecule has 0 radical (unpaired) electrons. The summed E-state index contributed by atoms with van der Waals surface area (Å²) in [6, 6.07) is 0. The molecule has 0 saturated heterocycles. The molecule has 0 spiro atoms. The number of hydrogen-bond acceptors (Lipinski definition) is 5. The fraction of sp³-hybridized carbons (Fsp3) is 0.400. The summed E-state index contributed by atoms with van der Waals surface area (Å²) in [5.41, 5.74) is 0. The van der Waals surface area contributed by atoms with E-state index in [1.165, 1.54) is 16.4 Å². The molecule has 0 bridgehead atoms. The van der Waals surface area contributed by atoms with Gasteiger partial charge in [-0.1, -0.05) is 5.92 Å². The molecule has 58 valence electrons. The molecule has 1 rings (SSSR count). The number of thioether (sulfide) groups is 1. The summed E-state index contributed by atoms with van der Waals surface area (Å²) in [6.45, 7) is -0.141. The van der Waals surface area contributed by atoms with Crippen LogP contribution >= 0.6 is 11.8 Å². The van der Waals surface area contributed by atoms with Crippen LogP contribution in [0.15, 0.2) is 5.16 Å². The number of aliphatic hydroxyl groups excluding tert-OH is 1. The normalized spacial score (nSPS) is 8.91.